The summed E-state index contributed by atoms with van der Waals surface area (Å²) in [6.45, 7) is 1.76. The minimum Gasteiger partial charge on any atom is -0.475 e. The molecule has 0 aliphatic heterocycles. The molecule has 1 N–H and O–H groups in total. The fraction of sp³-hybridized carbons (Fsp3) is 0.154. The maximum atomic E-state index is 10.8. The van der Waals surface area contributed by atoms with Gasteiger partial charge in [-0.3, -0.25) is 0 Å². The highest BCUT2D eigenvalue weighted by Crippen LogP contribution is 2.31. The Morgan fingerprint density at radius 2 is 2.17 bits per heavy atom. The minimum absolute atomic E-state index is 0.0257. The zero-order valence-electron chi connectivity index (χ0n) is 9.64. The van der Waals surface area contributed by atoms with Gasteiger partial charge in [-0.2, -0.15) is 0 Å². The Morgan fingerprint density at radius 1 is 1.44 bits per heavy atom. The molecule has 0 amide bonds. The number of carboxylic acid groups (broad SMARTS) is 1. The Bertz CT molecular complexity index is 577. The number of hydrogen-bond acceptors (Lipinski definition) is 3. The number of furan rings is 1. The zero-order chi connectivity index (χ0) is 13.1. The fourth-order valence-corrected chi connectivity index (χ4v) is 2.76. The summed E-state index contributed by atoms with van der Waals surface area (Å²) in [5, 5.41) is 9.53. The van der Waals surface area contributed by atoms with E-state index in [0.29, 0.717) is 16.5 Å². The Hall–Kier alpha value is -1.39. The Balaban J connectivity index is 2.11. The van der Waals surface area contributed by atoms with Gasteiger partial charge in [-0.25, -0.2) is 4.79 Å². The molecule has 3 nitrogen and oxygen atoms in total. The van der Waals surface area contributed by atoms with Crippen molar-refractivity contribution < 1.29 is 14.3 Å². The molecule has 1 heterocycles. The SMILES string of the molecule is Cc1oc(C(=O)O)cc1CSc1ccccc1Cl. The number of halogens is 1. The molecule has 1 aromatic carbocycles. The van der Waals surface area contributed by atoms with E-state index in [1.54, 1.807) is 24.8 Å². The normalized spacial score (nSPS) is 10.6. The van der Waals surface area contributed by atoms with Crippen LogP contribution in [0.3, 0.4) is 0 Å². The maximum absolute atomic E-state index is 10.8. The van der Waals surface area contributed by atoms with E-state index >= 15 is 0 Å². The predicted molar refractivity (Wildman–Crippen MR) is 71.4 cm³/mol. The van der Waals surface area contributed by atoms with Gasteiger partial charge in [0.25, 0.3) is 0 Å². The van der Waals surface area contributed by atoms with E-state index in [4.69, 9.17) is 21.1 Å². The lowest BCUT2D eigenvalue weighted by molar-refractivity contribution is 0.0661. The number of aryl methyl sites for hydroxylation is 1. The lowest BCUT2D eigenvalue weighted by Crippen LogP contribution is -1.91. The van der Waals surface area contributed by atoms with Gasteiger partial charge in [0.15, 0.2) is 0 Å². The summed E-state index contributed by atoms with van der Waals surface area (Å²) in [6, 6.07) is 9.11. The number of hydrogen-bond donors (Lipinski definition) is 1. The van der Waals surface area contributed by atoms with E-state index in [9.17, 15) is 4.79 Å². The summed E-state index contributed by atoms with van der Waals surface area (Å²) < 4.78 is 5.15. The van der Waals surface area contributed by atoms with Crippen LogP contribution in [-0.2, 0) is 5.75 Å². The van der Waals surface area contributed by atoms with Gasteiger partial charge in [0, 0.05) is 16.2 Å². The highest BCUT2D eigenvalue weighted by Gasteiger charge is 2.13. The number of carboxylic acids is 1. The van der Waals surface area contributed by atoms with Crippen molar-refractivity contribution >= 4 is 29.3 Å². The van der Waals surface area contributed by atoms with Gasteiger partial charge in [-0.15, -0.1) is 11.8 Å². The number of carbonyl (C=O) groups is 1. The first kappa shape index (κ1) is 13.1. The average Bonchev–Trinajstić information content (AvgIpc) is 2.70. The van der Waals surface area contributed by atoms with Gasteiger partial charge >= 0.3 is 5.97 Å². The van der Waals surface area contributed by atoms with Crippen molar-refractivity contribution in [1.29, 1.82) is 0 Å². The molecule has 0 aliphatic rings. The lowest BCUT2D eigenvalue weighted by Gasteiger charge is -2.02. The molecule has 0 bridgehead atoms. The molecule has 0 spiro atoms. The van der Waals surface area contributed by atoms with Gasteiger partial charge in [0.2, 0.25) is 5.76 Å². The highest BCUT2D eigenvalue weighted by atomic mass is 35.5. The first-order valence-electron chi connectivity index (χ1n) is 5.28. The molecule has 0 fully saturated rings. The van der Waals surface area contributed by atoms with Crippen molar-refractivity contribution in [2.75, 3.05) is 0 Å². The van der Waals surface area contributed by atoms with Crippen LogP contribution in [-0.4, -0.2) is 11.1 Å². The van der Waals surface area contributed by atoms with Crippen molar-refractivity contribution in [2.45, 2.75) is 17.6 Å². The van der Waals surface area contributed by atoms with Gasteiger partial charge in [-0.05, 0) is 25.1 Å². The molecule has 2 aromatic rings. The van der Waals surface area contributed by atoms with Crippen LogP contribution in [0.25, 0.3) is 0 Å². The van der Waals surface area contributed by atoms with Crippen LogP contribution in [0.5, 0.6) is 0 Å². The lowest BCUT2D eigenvalue weighted by atomic mass is 10.3. The summed E-state index contributed by atoms with van der Waals surface area (Å²) in [6.07, 6.45) is 0. The maximum Gasteiger partial charge on any atom is 0.371 e. The summed E-state index contributed by atoms with van der Waals surface area (Å²) in [5.74, 6) is 0.188. The molecule has 18 heavy (non-hydrogen) atoms. The van der Waals surface area contributed by atoms with Crippen molar-refractivity contribution in [3.63, 3.8) is 0 Å². The standard InChI is InChI=1S/C13H11ClO3S/c1-8-9(6-11(17-8)13(15)16)7-18-12-5-3-2-4-10(12)14/h2-6H,7H2,1H3,(H,15,16). The second kappa shape index (κ2) is 5.50. The van der Waals surface area contributed by atoms with Crippen LogP contribution in [0.4, 0.5) is 0 Å². The summed E-state index contributed by atoms with van der Waals surface area (Å²) in [7, 11) is 0. The third kappa shape index (κ3) is 2.89. The van der Waals surface area contributed by atoms with Gasteiger partial charge in [0.1, 0.15) is 5.76 Å². The minimum atomic E-state index is -1.05. The molecule has 0 atom stereocenters. The molecule has 1 aromatic heterocycles. The Labute approximate surface area is 114 Å². The molecular weight excluding hydrogens is 272 g/mol. The zero-order valence-corrected chi connectivity index (χ0v) is 11.2. The smallest absolute Gasteiger partial charge is 0.371 e. The molecule has 0 unspecified atom stereocenters. The molecule has 5 heteroatoms. The predicted octanol–water partition coefficient (Wildman–Crippen LogP) is 4.23. The number of thioether (sulfide) groups is 1. The molecule has 2 rings (SSSR count). The third-order valence-electron chi connectivity index (χ3n) is 2.45. The van der Waals surface area contributed by atoms with E-state index in [1.807, 2.05) is 24.3 Å². The first-order chi connectivity index (χ1) is 8.58. The van der Waals surface area contributed by atoms with Crippen molar-refractivity contribution in [2.24, 2.45) is 0 Å². The van der Waals surface area contributed by atoms with Crippen LogP contribution >= 0.6 is 23.4 Å². The van der Waals surface area contributed by atoms with E-state index < -0.39 is 5.97 Å². The van der Waals surface area contributed by atoms with E-state index in [1.165, 1.54) is 0 Å². The largest absolute Gasteiger partial charge is 0.475 e. The Kier molecular flexibility index (Phi) is 3.99. The van der Waals surface area contributed by atoms with Crippen LogP contribution in [0.2, 0.25) is 5.02 Å². The molecule has 0 saturated heterocycles. The topological polar surface area (TPSA) is 50.4 Å². The monoisotopic (exact) mass is 282 g/mol. The summed E-state index contributed by atoms with van der Waals surface area (Å²) >= 11 is 7.60. The second-order valence-corrected chi connectivity index (χ2v) is 5.14. The van der Waals surface area contributed by atoms with Crippen LogP contribution < -0.4 is 0 Å². The van der Waals surface area contributed by atoms with E-state index in [0.717, 1.165) is 10.5 Å². The summed E-state index contributed by atoms with van der Waals surface area (Å²) in [4.78, 5) is 11.7. The highest BCUT2D eigenvalue weighted by molar-refractivity contribution is 7.98. The van der Waals surface area contributed by atoms with Gasteiger partial charge in [0.05, 0.1) is 5.02 Å². The fourth-order valence-electron chi connectivity index (χ4n) is 1.49. The van der Waals surface area contributed by atoms with E-state index in [-0.39, 0.29) is 5.76 Å². The van der Waals surface area contributed by atoms with Crippen molar-refractivity contribution in [1.82, 2.24) is 0 Å². The van der Waals surface area contributed by atoms with Crippen molar-refractivity contribution in [3.8, 4) is 0 Å². The molecule has 94 valence electrons. The molecule has 0 radical (unpaired) electrons. The quantitative estimate of drug-likeness (QED) is 0.853. The molecule has 0 saturated carbocycles. The van der Waals surface area contributed by atoms with Gasteiger partial charge in [-0.1, -0.05) is 23.7 Å². The number of benzene rings is 1. The molecule has 0 aliphatic carbocycles. The Morgan fingerprint density at radius 3 is 2.78 bits per heavy atom. The number of rotatable bonds is 4. The van der Waals surface area contributed by atoms with Crippen LogP contribution in [0.1, 0.15) is 21.9 Å². The van der Waals surface area contributed by atoms with Crippen LogP contribution in [0, 0.1) is 6.92 Å². The number of aromatic carboxylic acids is 1. The average molecular weight is 283 g/mol. The van der Waals surface area contributed by atoms with Gasteiger partial charge < -0.3 is 9.52 Å². The third-order valence-corrected chi connectivity index (χ3v) is 4.02. The van der Waals surface area contributed by atoms with Crippen molar-refractivity contribution in [3.05, 3.63) is 52.4 Å². The van der Waals surface area contributed by atoms with Crippen LogP contribution in [0.15, 0.2) is 39.6 Å². The molecular formula is C13H11ClO3S. The van der Waals surface area contributed by atoms with E-state index in [2.05, 4.69) is 0 Å². The second-order valence-electron chi connectivity index (χ2n) is 3.72. The first-order valence-corrected chi connectivity index (χ1v) is 6.64. The summed E-state index contributed by atoms with van der Waals surface area (Å²) in [5.41, 5.74) is 0.873.